The first-order valence-electron chi connectivity index (χ1n) is 9.35. The van der Waals surface area contributed by atoms with Crippen LogP contribution in [0.2, 0.25) is 0 Å². The van der Waals surface area contributed by atoms with Gasteiger partial charge in [-0.25, -0.2) is 13.8 Å². The van der Waals surface area contributed by atoms with E-state index >= 15 is 0 Å². The number of hydrazine groups is 1. The molecule has 2 N–H and O–H groups in total. The van der Waals surface area contributed by atoms with E-state index in [1.165, 1.54) is 23.2 Å². The Morgan fingerprint density at radius 3 is 2.17 bits per heavy atom. The summed E-state index contributed by atoms with van der Waals surface area (Å²) in [7, 11) is 0. The number of rotatable bonds is 5. The lowest BCUT2D eigenvalue weighted by atomic mass is 9.75. The molecule has 0 aromatic heterocycles. The van der Waals surface area contributed by atoms with Crippen LogP contribution in [0.15, 0.2) is 54.6 Å². The fraction of sp³-hybridized carbons (Fsp3) is 0.429. The number of alkyl halides is 5. The highest BCUT2D eigenvalue weighted by Crippen LogP contribution is 2.48. The van der Waals surface area contributed by atoms with Crippen molar-refractivity contribution in [2.24, 2.45) is 11.8 Å². The van der Waals surface area contributed by atoms with E-state index in [1.54, 1.807) is 0 Å². The zero-order valence-corrected chi connectivity index (χ0v) is 15.9. The minimum atomic E-state index is -4.96. The predicted octanol–water partition coefficient (Wildman–Crippen LogP) is 5.65. The normalized spacial score (nSPS) is 22.3. The quantitative estimate of drug-likeness (QED) is 0.508. The van der Waals surface area contributed by atoms with Gasteiger partial charge in [0.15, 0.2) is 0 Å². The van der Waals surface area contributed by atoms with E-state index in [0.717, 1.165) is 18.6 Å². The van der Waals surface area contributed by atoms with Crippen LogP contribution >= 0.6 is 0 Å². The van der Waals surface area contributed by atoms with Crippen LogP contribution in [-0.4, -0.2) is 23.8 Å². The van der Waals surface area contributed by atoms with Gasteiger partial charge in [0.2, 0.25) is 0 Å². The molecule has 0 aliphatic carbocycles. The molecule has 29 heavy (non-hydrogen) atoms. The van der Waals surface area contributed by atoms with Crippen molar-refractivity contribution >= 4 is 0 Å². The number of benzene rings is 2. The van der Waals surface area contributed by atoms with Crippen LogP contribution in [0.4, 0.5) is 22.0 Å². The van der Waals surface area contributed by atoms with Crippen LogP contribution < -0.4 is 10.6 Å². The second kappa shape index (κ2) is 8.28. The molecule has 0 spiro atoms. The van der Waals surface area contributed by atoms with Gasteiger partial charge in [0.05, 0.1) is 5.92 Å². The maximum atomic E-state index is 14.6. The van der Waals surface area contributed by atoms with Crippen molar-refractivity contribution in [2.45, 2.75) is 44.0 Å². The smallest absolute Gasteiger partial charge is 0.405 e. The Kier molecular flexibility index (Phi) is 6.14. The van der Waals surface area contributed by atoms with Gasteiger partial charge in [-0.2, -0.15) is 0 Å². The first-order chi connectivity index (χ1) is 13.6. The standard InChI is InChI=1S/C21H23F5N2O/c1-20(22,23)19(16-9-5-6-10-18(16)29-21(24,25)26)15-11-12-17(28(27)13-15)14-7-3-2-4-8-14/h2-10,15,17,19H,11-13,27H2,1H3. The second-order valence-electron chi connectivity index (χ2n) is 7.48. The molecule has 1 aliphatic heterocycles. The highest BCUT2D eigenvalue weighted by Gasteiger charge is 2.46. The Hall–Kier alpha value is -2.19. The van der Waals surface area contributed by atoms with Crippen molar-refractivity contribution in [3.8, 4) is 5.75 Å². The zero-order chi connectivity index (χ0) is 21.2. The Balaban J connectivity index is 1.89. The molecule has 1 saturated heterocycles. The van der Waals surface area contributed by atoms with Crippen LogP contribution in [0.5, 0.6) is 5.75 Å². The topological polar surface area (TPSA) is 38.5 Å². The molecule has 2 aromatic rings. The first kappa shape index (κ1) is 21.5. The van der Waals surface area contributed by atoms with Gasteiger partial charge >= 0.3 is 6.36 Å². The largest absolute Gasteiger partial charge is 0.573 e. The van der Waals surface area contributed by atoms with Crippen molar-refractivity contribution in [3.63, 3.8) is 0 Å². The van der Waals surface area contributed by atoms with Crippen molar-refractivity contribution in [1.29, 1.82) is 0 Å². The first-order valence-corrected chi connectivity index (χ1v) is 9.35. The fourth-order valence-electron chi connectivity index (χ4n) is 4.23. The number of para-hydroxylation sites is 1. The molecule has 3 nitrogen and oxygen atoms in total. The predicted molar refractivity (Wildman–Crippen MR) is 99.3 cm³/mol. The fourth-order valence-corrected chi connectivity index (χ4v) is 4.23. The summed E-state index contributed by atoms with van der Waals surface area (Å²) in [5.74, 6) is 0.245. The molecule has 0 amide bonds. The van der Waals surface area contributed by atoms with E-state index in [1.807, 2.05) is 30.3 Å². The Labute approximate surface area is 166 Å². The summed E-state index contributed by atoms with van der Waals surface area (Å²) in [5, 5.41) is 1.51. The Bertz CT molecular complexity index is 807. The van der Waals surface area contributed by atoms with Crippen LogP contribution in [0.3, 0.4) is 0 Å². The molecule has 0 bridgehead atoms. The SMILES string of the molecule is CC(F)(F)C(c1ccccc1OC(F)(F)F)C1CCC(c2ccccc2)N(N)C1. The molecule has 0 radical (unpaired) electrons. The molecule has 8 heteroatoms. The average molecular weight is 414 g/mol. The van der Waals surface area contributed by atoms with E-state index in [0.29, 0.717) is 12.8 Å². The van der Waals surface area contributed by atoms with Gasteiger partial charge in [-0.3, -0.25) is 5.84 Å². The third-order valence-corrected chi connectivity index (χ3v) is 5.34. The number of hydrogen-bond acceptors (Lipinski definition) is 3. The van der Waals surface area contributed by atoms with E-state index in [9.17, 15) is 22.0 Å². The summed E-state index contributed by atoms with van der Waals surface area (Å²) in [6.45, 7) is 0.861. The average Bonchev–Trinajstić information content (AvgIpc) is 2.62. The molecule has 2 aromatic carbocycles. The van der Waals surface area contributed by atoms with Gasteiger partial charge in [-0.05, 0) is 37.3 Å². The van der Waals surface area contributed by atoms with Gasteiger partial charge < -0.3 is 4.74 Å². The van der Waals surface area contributed by atoms with E-state index in [2.05, 4.69) is 4.74 Å². The van der Waals surface area contributed by atoms with Crippen molar-refractivity contribution < 1.29 is 26.7 Å². The summed E-state index contributed by atoms with van der Waals surface area (Å²) in [4.78, 5) is 0. The molecule has 3 atom stereocenters. The van der Waals surface area contributed by atoms with Crippen LogP contribution in [-0.2, 0) is 0 Å². The minimum absolute atomic E-state index is 0.125. The number of nitrogens with two attached hydrogens (primary N) is 1. The summed E-state index contributed by atoms with van der Waals surface area (Å²) in [6.07, 6.45) is -4.03. The minimum Gasteiger partial charge on any atom is -0.405 e. The van der Waals surface area contributed by atoms with Crippen LogP contribution in [0, 0.1) is 5.92 Å². The van der Waals surface area contributed by atoms with Gasteiger partial charge in [0.25, 0.3) is 5.92 Å². The molecule has 1 fully saturated rings. The maximum Gasteiger partial charge on any atom is 0.573 e. The van der Waals surface area contributed by atoms with E-state index < -0.39 is 29.9 Å². The van der Waals surface area contributed by atoms with Gasteiger partial charge in [0.1, 0.15) is 5.75 Å². The van der Waals surface area contributed by atoms with Crippen molar-refractivity contribution in [3.05, 3.63) is 65.7 Å². The number of piperidine rings is 1. The summed E-state index contributed by atoms with van der Waals surface area (Å²) in [6, 6.07) is 14.5. The molecular weight excluding hydrogens is 391 g/mol. The maximum absolute atomic E-state index is 14.6. The monoisotopic (exact) mass is 414 g/mol. The highest BCUT2D eigenvalue weighted by atomic mass is 19.4. The van der Waals surface area contributed by atoms with Gasteiger partial charge in [-0.1, -0.05) is 48.5 Å². The van der Waals surface area contributed by atoms with Crippen LogP contribution in [0.1, 0.15) is 42.9 Å². The number of ether oxygens (including phenoxy) is 1. The summed E-state index contributed by atoms with van der Waals surface area (Å²) >= 11 is 0. The van der Waals surface area contributed by atoms with Crippen LogP contribution in [0.25, 0.3) is 0 Å². The molecular formula is C21H23F5N2O. The molecule has 158 valence electrons. The van der Waals surface area contributed by atoms with E-state index in [-0.39, 0.29) is 18.2 Å². The van der Waals surface area contributed by atoms with E-state index in [4.69, 9.17) is 5.84 Å². The number of hydrogen-bond donors (Lipinski definition) is 1. The zero-order valence-electron chi connectivity index (χ0n) is 15.9. The highest BCUT2D eigenvalue weighted by molar-refractivity contribution is 5.38. The van der Waals surface area contributed by atoms with Gasteiger partial charge in [-0.15, -0.1) is 13.2 Å². The molecule has 1 heterocycles. The Morgan fingerprint density at radius 1 is 0.966 bits per heavy atom. The molecule has 3 rings (SSSR count). The number of halogens is 5. The summed E-state index contributed by atoms with van der Waals surface area (Å²) in [5.41, 5.74) is 0.822. The molecule has 0 saturated carbocycles. The van der Waals surface area contributed by atoms with Crippen molar-refractivity contribution in [2.75, 3.05) is 6.54 Å². The second-order valence-corrected chi connectivity index (χ2v) is 7.48. The lowest BCUT2D eigenvalue weighted by molar-refractivity contribution is -0.275. The molecule has 1 aliphatic rings. The third-order valence-electron chi connectivity index (χ3n) is 5.34. The third kappa shape index (κ3) is 5.25. The number of nitrogens with zero attached hydrogens (tertiary/aromatic N) is 1. The lowest BCUT2D eigenvalue weighted by Gasteiger charge is -2.42. The lowest BCUT2D eigenvalue weighted by Crippen LogP contribution is -2.46. The molecule has 3 unspecified atom stereocenters. The van der Waals surface area contributed by atoms with Crippen molar-refractivity contribution in [1.82, 2.24) is 5.01 Å². The Morgan fingerprint density at radius 2 is 1.59 bits per heavy atom. The summed E-state index contributed by atoms with van der Waals surface area (Å²) < 4.78 is 71.6. The van der Waals surface area contributed by atoms with Gasteiger partial charge in [0, 0.05) is 18.2 Å².